The minimum atomic E-state index is -0.407. The van der Waals surface area contributed by atoms with Gasteiger partial charge in [0.25, 0.3) is 11.8 Å². The highest BCUT2D eigenvalue weighted by Gasteiger charge is 2.24. The SMILES string of the molecule is CCn1ncc(NC(=O)c2cc(C)nc3c2c(C)nn3-c2ccc(F)cc2)c1C(=O)N(C)C. The highest BCUT2D eigenvalue weighted by Crippen LogP contribution is 2.26. The summed E-state index contributed by atoms with van der Waals surface area (Å²) in [6.07, 6.45) is 1.47. The smallest absolute Gasteiger partial charge is 0.273 e. The third-order valence-corrected chi connectivity index (χ3v) is 5.25. The Kier molecular flexibility index (Phi) is 5.67. The lowest BCUT2D eigenvalue weighted by Gasteiger charge is -2.14. The monoisotopic (exact) mass is 449 g/mol. The number of nitrogens with one attached hydrogen (secondary N) is 1. The summed E-state index contributed by atoms with van der Waals surface area (Å²) in [7, 11) is 3.29. The molecule has 0 fully saturated rings. The van der Waals surface area contributed by atoms with Gasteiger partial charge in [-0.05, 0) is 51.1 Å². The van der Waals surface area contributed by atoms with E-state index in [0.29, 0.717) is 51.6 Å². The number of carbonyl (C=O) groups is 2. The zero-order valence-electron chi connectivity index (χ0n) is 19.0. The van der Waals surface area contributed by atoms with E-state index in [-0.39, 0.29) is 11.7 Å². The van der Waals surface area contributed by atoms with Crippen LogP contribution < -0.4 is 5.32 Å². The number of rotatable bonds is 5. The van der Waals surface area contributed by atoms with Crippen LogP contribution in [0.5, 0.6) is 0 Å². The van der Waals surface area contributed by atoms with Gasteiger partial charge < -0.3 is 10.2 Å². The number of fused-ring (bicyclic) bond motifs is 1. The van der Waals surface area contributed by atoms with E-state index in [9.17, 15) is 14.0 Å². The van der Waals surface area contributed by atoms with E-state index in [1.165, 1.54) is 23.2 Å². The molecule has 0 aliphatic heterocycles. The van der Waals surface area contributed by atoms with Crippen LogP contribution in [-0.2, 0) is 6.54 Å². The molecule has 0 aliphatic rings. The van der Waals surface area contributed by atoms with Crippen LogP contribution in [0.1, 0.15) is 39.2 Å². The first-order valence-corrected chi connectivity index (χ1v) is 10.4. The van der Waals surface area contributed by atoms with Crippen molar-refractivity contribution in [3.05, 3.63) is 65.0 Å². The maximum Gasteiger partial charge on any atom is 0.273 e. The first kappa shape index (κ1) is 22.1. The third-order valence-electron chi connectivity index (χ3n) is 5.25. The molecule has 0 radical (unpaired) electrons. The largest absolute Gasteiger partial charge is 0.343 e. The van der Waals surface area contributed by atoms with Crippen molar-refractivity contribution in [3.8, 4) is 5.69 Å². The number of nitrogens with zero attached hydrogens (tertiary/aromatic N) is 6. The van der Waals surface area contributed by atoms with Crippen molar-refractivity contribution in [2.45, 2.75) is 27.3 Å². The molecule has 0 unspecified atom stereocenters. The summed E-state index contributed by atoms with van der Waals surface area (Å²) >= 11 is 0. The van der Waals surface area contributed by atoms with Crippen LogP contribution in [0.2, 0.25) is 0 Å². The van der Waals surface area contributed by atoms with Crippen LogP contribution in [0.3, 0.4) is 0 Å². The minimum Gasteiger partial charge on any atom is -0.343 e. The number of pyridine rings is 1. The van der Waals surface area contributed by atoms with Crippen LogP contribution in [0.25, 0.3) is 16.7 Å². The average molecular weight is 449 g/mol. The molecule has 0 atom stereocenters. The molecule has 0 aliphatic carbocycles. The van der Waals surface area contributed by atoms with Crippen molar-refractivity contribution in [2.75, 3.05) is 19.4 Å². The predicted molar refractivity (Wildman–Crippen MR) is 122 cm³/mol. The maximum absolute atomic E-state index is 13.4. The Morgan fingerprint density at radius 2 is 1.85 bits per heavy atom. The Morgan fingerprint density at radius 3 is 2.48 bits per heavy atom. The number of aromatic nitrogens is 5. The number of anilines is 1. The van der Waals surface area contributed by atoms with Crippen molar-refractivity contribution >= 4 is 28.5 Å². The van der Waals surface area contributed by atoms with Crippen molar-refractivity contribution in [2.24, 2.45) is 0 Å². The summed E-state index contributed by atoms with van der Waals surface area (Å²) < 4.78 is 16.5. The summed E-state index contributed by atoms with van der Waals surface area (Å²) in [5, 5.41) is 12.2. The number of amides is 2. The standard InChI is InChI=1S/C23H24FN7O2/c1-6-30-20(23(33)29(4)5)18(12-25-30)27-22(32)17-11-13(2)26-21-19(17)14(3)28-31(21)16-9-7-15(24)8-10-16/h7-12H,6H2,1-5H3,(H,27,32). The fraction of sp³-hybridized carbons (Fsp3) is 0.261. The van der Waals surface area contributed by atoms with Crippen molar-refractivity contribution in [1.82, 2.24) is 29.4 Å². The van der Waals surface area contributed by atoms with Gasteiger partial charge in [-0.25, -0.2) is 14.1 Å². The van der Waals surface area contributed by atoms with Crippen LogP contribution in [-0.4, -0.2) is 55.4 Å². The number of aryl methyl sites for hydroxylation is 3. The first-order chi connectivity index (χ1) is 15.7. The van der Waals surface area contributed by atoms with Crippen molar-refractivity contribution < 1.29 is 14.0 Å². The molecule has 4 aromatic rings. The van der Waals surface area contributed by atoms with Gasteiger partial charge in [0.15, 0.2) is 5.65 Å². The summed E-state index contributed by atoms with van der Waals surface area (Å²) in [6.45, 7) is 5.91. The number of hydrogen-bond donors (Lipinski definition) is 1. The molecule has 9 nitrogen and oxygen atoms in total. The Hall–Kier alpha value is -4.08. The molecule has 3 aromatic heterocycles. The Labute approximate surface area is 189 Å². The molecule has 3 heterocycles. The maximum atomic E-state index is 13.4. The predicted octanol–water partition coefficient (Wildman–Crippen LogP) is 3.35. The number of halogens is 1. The molecule has 170 valence electrons. The van der Waals surface area contributed by atoms with E-state index in [0.717, 1.165) is 0 Å². The van der Waals surface area contributed by atoms with Gasteiger partial charge in [-0.3, -0.25) is 14.3 Å². The molecule has 1 N–H and O–H groups in total. The number of carbonyl (C=O) groups excluding carboxylic acids is 2. The van der Waals surface area contributed by atoms with Crippen LogP contribution in [0.15, 0.2) is 36.5 Å². The highest BCUT2D eigenvalue weighted by atomic mass is 19.1. The zero-order chi connectivity index (χ0) is 23.9. The first-order valence-electron chi connectivity index (χ1n) is 10.4. The minimum absolute atomic E-state index is 0.263. The van der Waals surface area contributed by atoms with Gasteiger partial charge in [-0.1, -0.05) is 0 Å². The van der Waals surface area contributed by atoms with Gasteiger partial charge in [-0.2, -0.15) is 10.2 Å². The molecule has 2 amide bonds. The molecule has 0 saturated carbocycles. The van der Waals surface area contributed by atoms with Crippen molar-refractivity contribution in [1.29, 1.82) is 0 Å². The second-order valence-electron chi connectivity index (χ2n) is 7.86. The normalized spacial score (nSPS) is 11.1. The van der Waals surface area contributed by atoms with Gasteiger partial charge in [0, 0.05) is 26.3 Å². The van der Waals surface area contributed by atoms with E-state index in [4.69, 9.17) is 0 Å². The molecule has 33 heavy (non-hydrogen) atoms. The van der Waals surface area contributed by atoms with Crippen LogP contribution >= 0.6 is 0 Å². The Balaban J connectivity index is 1.80. The number of benzene rings is 1. The molecule has 0 spiro atoms. The average Bonchev–Trinajstić information content (AvgIpc) is 3.33. The molecular formula is C23H24FN7O2. The summed E-state index contributed by atoms with van der Waals surface area (Å²) in [6, 6.07) is 7.57. The van der Waals surface area contributed by atoms with Crippen LogP contribution in [0, 0.1) is 19.7 Å². The van der Waals surface area contributed by atoms with Crippen molar-refractivity contribution in [3.63, 3.8) is 0 Å². The van der Waals surface area contributed by atoms with Gasteiger partial charge in [0.1, 0.15) is 11.5 Å². The fourth-order valence-corrected chi connectivity index (χ4v) is 3.70. The summed E-state index contributed by atoms with van der Waals surface area (Å²) in [5.74, 6) is -1.02. The lowest BCUT2D eigenvalue weighted by atomic mass is 10.1. The van der Waals surface area contributed by atoms with Gasteiger partial charge in [-0.15, -0.1) is 0 Å². The van der Waals surface area contributed by atoms with E-state index in [1.807, 2.05) is 6.92 Å². The Morgan fingerprint density at radius 1 is 1.15 bits per heavy atom. The van der Waals surface area contributed by atoms with Gasteiger partial charge in [0.05, 0.1) is 34.2 Å². The van der Waals surface area contributed by atoms with Gasteiger partial charge >= 0.3 is 0 Å². The third kappa shape index (κ3) is 3.95. The topological polar surface area (TPSA) is 97.9 Å². The lowest BCUT2D eigenvalue weighted by molar-refractivity contribution is 0.0816. The van der Waals surface area contributed by atoms with Crippen LogP contribution in [0.4, 0.5) is 10.1 Å². The molecule has 4 rings (SSSR count). The summed E-state index contributed by atoms with van der Waals surface area (Å²) in [5.41, 5.74) is 3.32. The van der Waals surface area contributed by atoms with Gasteiger partial charge in [0.2, 0.25) is 0 Å². The second-order valence-corrected chi connectivity index (χ2v) is 7.86. The molecule has 0 bridgehead atoms. The Bertz CT molecular complexity index is 1370. The second kappa shape index (κ2) is 8.45. The molecule has 1 aromatic carbocycles. The number of hydrogen-bond acceptors (Lipinski definition) is 5. The zero-order valence-corrected chi connectivity index (χ0v) is 19.0. The summed E-state index contributed by atoms with van der Waals surface area (Å²) in [4.78, 5) is 32.1. The van der Waals surface area contributed by atoms with E-state index < -0.39 is 5.91 Å². The highest BCUT2D eigenvalue weighted by molar-refractivity contribution is 6.14. The lowest BCUT2D eigenvalue weighted by Crippen LogP contribution is -2.26. The quantitative estimate of drug-likeness (QED) is 0.504. The van der Waals surface area contributed by atoms with E-state index in [1.54, 1.807) is 55.5 Å². The fourth-order valence-electron chi connectivity index (χ4n) is 3.70. The van der Waals surface area contributed by atoms with E-state index >= 15 is 0 Å². The molecule has 0 saturated heterocycles. The molecular weight excluding hydrogens is 425 g/mol. The van der Waals surface area contributed by atoms with E-state index in [2.05, 4.69) is 20.5 Å². The molecule has 10 heteroatoms.